The Morgan fingerprint density at radius 3 is 2.69 bits per heavy atom. The number of rotatable bonds is 5. The molecule has 2 atom stereocenters. The number of carbonyl (C=O) groups is 3. The lowest BCUT2D eigenvalue weighted by atomic mass is 10.0. The minimum absolute atomic E-state index is 0.163. The lowest BCUT2D eigenvalue weighted by Gasteiger charge is -2.29. The maximum atomic E-state index is 13.0. The standard InChI is InChI=1S/C19H23N3O4/c1-12(2)16(18(24)22-9-5-8-15(22)19(25)26-3)21-17(23)14-7-4-6-13(10-14)11-20/h4,6-7,10,12,15-16H,5,8-9H2,1-3H3,(H,21,23)/t15-,16-/m0/s1. The van der Waals surface area contributed by atoms with Gasteiger partial charge in [-0.25, -0.2) is 4.79 Å². The molecule has 26 heavy (non-hydrogen) atoms. The zero-order valence-corrected chi connectivity index (χ0v) is 15.2. The first-order valence-corrected chi connectivity index (χ1v) is 8.58. The third kappa shape index (κ3) is 4.20. The molecule has 0 radical (unpaired) electrons. The normalized spacial score (nSPS) is 17.5. The highest BCUT2D eigenvalue weighted by molar-refractivity contribution is 5.98. The van der Waals surface area contributed by atoms with Gasteiger partial charge < -0.3 is 15.0 Å². The Kier molecular flexibility index (Phi) is 6.34. The second-order valence-electron chi connectivity index (χ2n) is 6.60. The first kappa shape index (κ1) is 19.4. The van der Waals surface area contributed by atoms with Crippen LogP contribution in [0.5, 0.6) is 0 Å². The Balaban J connectivity index is 2.17. The van der Waals surface area contributed by atoms with Crippen molar-refractivity contribution in [3.8, 4) is 6.07 Å². The van der Waals surface area contributed by atoms with Gasteiger partial charge in [-0.15, -0.1) is 0 Å². The summed E-state index contributed by atoms with van der Waals surface area (Å²) in [5.74, 6) is -1.32. The second-order valence-corrected chi connectivity index (χ2v) is 6.60. The summed E-state index contributed by atoms with van der Waals surface area (Å²) in [6.45, 7) is 4.12. The zero-order chi connectivity index (χ0) is 19.3. The molecule has 0 saturated carbocycles. The Bertz CT molecular complexity index is 739. The van der Waals surface area contributed by atoms with Crippen LogP contribution in [0.3, 0.4) is 0 Å². The number of carbonyl (C=O) groups excluding carboxylic acids is 3. The number of hydrogen-bond acceptors (Lipinski definition) is 5. The highest BCUT2D eigenvalue weighted by Gasteiger charge is 2.39. The molecular formula is C19H23N3O4. The summed E-state index contributed by atoms with van der Waals surface area (Å²) in [6.07, 6.45) is 1.27. The Labute approximate surface area is 152 Å². The van der Waals surface area contributed by atoms with Gasteiger partial charge in [0.05, 0.1) is 18.7 Å². The molecule has 1 N–H and O–H groups in total. The quantitative estimate of drug-likeness (QED) is 0.805. The number of benzene rings is 1. The number of hydrogen-bond donors (Lipinski definition) is 1. The van der Waals surface area contributed by atoms with Crippen molar-refractivity contribution in [3.05, 3.63) is 35.4 Å². The molecule has 1 aliphatic heterocycles. The summed E-state index contributed by atoms with van der Waals surface area (Å²) in [7, 11) is 1.30. The lowest BCUT2D eigenvalue weighted by Crippen LogP contribution is -2.53. The van der Waals surface area contributed by atoms with Gasteiger partial charge in [-0.05, 0) is 37.0 Å². The smallest absolute Gasteiger partial charge is 0.328 e. The third-order valence-electron chi connectivity index (χ3n) is 4.48. The predicted octanol–water partition coefficient (Wildman–Crippen LogP) is 1.48. The molecule has 0 aliphatic carbocycles. The van der Waals surface area contributed by atoms with Crippen molar-refractivity contribution in [2.75, 3.05) is 13.7 Å². The van der Waals surface area contributed by atoms with E-state index in [0.29, 0.717) is 30.5 Å². The average molecular weight is 357 g/mol. The molecular weight excluding hydrogens is 334 g/mol. The maximum Gasteiger partial charge on any atom is 0.328 e. The van der Waals surface area contributed by atoms with E-state index >= 15 is 0 Å². The van der Waals surface area contributed by atoms with E-state index in [4.69, 9.17) is 10.00 Å². The van der Waals surface area contributed by atoms with Crippen molar-refractivity contribution >= 4 is 17.8 Å². The minimum Gasteiger partial charge on any atom is -0.467 e. The molecule has 1 saturated heterocycles. The van der Waals surface area contributed by atoms with Gasteiger partial charge in [0.2, 0.25) is 5.91 Å². The molecule has 138 valence electrons. The summed E-state index contributed by atoms with van der Waals surface area (Å²) in [5, 5.41) is 11.7. The summed E-state index contributed by atoms with van der Waals surface area (Å²) in [6, 6.07) is 6.90. The molecule has 0 aromatic heterocycles. The molecule has 1 aromatic carbocycles. The summed E-state index contributed by atoms with van der Waals surface area (Å²) < 4.78 is 4.78. The van der Waals surface area contributed by atoms with Crippen LogP contribution in [0, 0.1) is 17.2 Å². The zero-order valence-electron chi connectivity index (χ0n) is 15.2. The van der Waals surface area contributed by atoms with Crippen LogP contribution in [0.1, 0.15) is 42.6 Å². The second kappa shape index (κ2) is 8.48. The summed E-state index contributed by atoms with van der Waals surface area (Å²) >= 11 is 0. The SMILES string of the molecule is COC(=O)[C@@H]1CCCN1C(=O)[C@@H](NC(=O)c1cccc(C#N)c1)C(C)C. The Hall–Kier alpha value is -2.88. The van der Waals surface area contributed by atoms with E-state index in [1.54, 1.807) is 18.2 Å². The molecule has 1 aliphatic rings. The molecule has 7 nitrogen and oxygen atoms in total. The van der Waals surface area contributed by atoms with E-state index in [0.717, 1.165) is 0 Å². The number of nitriles is 1. The molecule has 1 aromatic rings. The van der Waals surface area contributed by atoms with Crippen molar-refractivity contribution in [2.45, 2.75) is 38.8 Å². The molecule has 0 bridgehead atoms. The molecule has 7 heteroatoms. The van der Waals surface area contributed by atoms with E-state index in [1.165, 1.54) is 18.1 Å². The molecule has 0 unspecified atom stereocenters. The van der Waals surface area contributed by atoms with Crippen LogP contribution in [-0.4, -0.2) is 48.4 Å². The van der Waals surface area contributed by atoms with Crippen LogP contribution in [0.15, 0.2) is 24.3 Å². The van der Waals surface area contributed by atoms with E-state index in [9.17, 15) is 14.4 Å². The monoisotopic (exact) mass is 357 g/mol. The molecule has 0 spiro atoms. The van der Waals surface area contributed by atoms with Crippen LogP contribution in [-0.2, 0) is 14.3 Å². The summed E-state index contributed by atoms with van der Waals surface area (Å²) in [5.41, 5.74) is 0.684. The lowest BCUT2D eigenvalue weighted by molar-refractivity contribution is -0.151. The van der Waals surface area contributed by atoms with E-state index < -0.39 is 24.0 Å². The van der Waals surface area contributed by atoms with Crippen LogP contribution in [0.2, 0.25) is 0 Å². The van der Waals surface area contributed by atoms with Crippen molar-refractivity contribution < 1.29 is 19.1 Å². The van der Waals surface area contributed by atoms with Gasteiger partial charge >= 0.3 is 5.97 Å². The van der Waals surface area contributed by atoms with Gasteiger partial charge in [-0.1, -0.05) is 19.9 Å². The molecule has 1 fully saturated rings. The number of methoxy groups -OCH3 is 1. The van der Waals surface area contributed by atoms with Crippen molar-refractivity contribution in [1.82, 2.24) is 10.2 Å². The first-order valence-electron chi connectivity index (χ1n) is 8.58. The topological polar surface area (TPSA) is 99.5 Å². The highest BCUT2D eigenvalue weighted by atomic mass is 16.5. The summed E-state index contributed by atoms with van der Waals surface area (Å²) in [4.78, 5) is 38.9. The highest BCUT2D eigenvalue weighted by Crippen LogP contribution is 2.21. The minimum atomic E-state index is -0.765. The fraction of sp³-hybridized carbons (Fsp3) is 0.474. The van der Waals surface area contributed by atoms with Crippen molar-refractivity contribution in [3.63, 3.8) is 0 Å². The van der Waals surface area contributed by atoms with E-state index in [2.05, 4.69) is 5.32 Å². The Morgan fingerprint density at radius 1 is 1.35 bits per heavy atom. The van der Waals surface area contributed by atoms with Gasteiger partial charge in [0.25, 0.3) is 5.91 Å². The fourth-order valence-electron chi connectivity index (χ4n) is 3.06. The van der Waals surface area contributed by atoms with Crippen LogP contribution >= 0.6 is 0 Å². The van der Waals surface area contributed by atoms with Crippen LogP contribution in [0.25, 0.3) is 0 Å². The number of likely N-dealkylation sites (tertiary alicyclic amines) is 1. The molecule has 2 rings (SSSR count). The number of amides is 2. The van der Waals surface area contributed by atoms with E-state index in [-0.39, 0.29) is 11.8 Å². The average Bonchev–Trinajstić information content (AvgIpc) is 3.14. The number of nitrogens with zero attached hydrogens (tertiary/aromatic N) is 2. The van der Waals surface area contributed by atoms with Gasteiger partial charge in [-0.2, -0.15) is 5.26 Å². The van der Waals surface area contributed by atoms with E-state index in [1.807, 2.05) is 19.9 Å². The van der Waals surface area contributed by atoms with Crippen LogP contribution < -0.4 is 5.32 Å². The third-order valence-corrected chi connectivity index (χ3v) is 4.48. The maximum absolute atomic E-state index is 13.0. The Morgan fingerprint density at radius 2 is 2.08 bits per heavy atom. The van der Waals surface area contributed by atoms with Gasteiger partial charge in [-0.3, -0.25) is 9.59 Å². The van der Waals surface area contributed by atoms with Crippen molar-refractivity contribution in [1.29, 1.82) is 5.26 Å². The predicted molar refractivity (Wildman–Crippen MR) is 94.0 cm³/mol. The van der Waals surface area contributed by atoms with Gasteiger partial charge in [0, 0.05) is 12.1 Å². The van der Waals surface area contributed by atoms with Gasteiger partial charge in [0.1, 0.15) is 12.1 Å². The largest absolute Gasteiger partial charge is 0.467 e. The molecule has 1 heterocycles. The number of esters is 1. The van der Waals surface area contributed by atoms with Gasteiger partial charge in [0.15, 0.2) is 0 Å². The van der Waals surface area contributed by atoms with Crippen LogP contribution in [0.4, 0.5) is 0 Å². The fourth-order valence-corrected chi connectivity index (χ4v) is 3.06. The number of nitrogens with one attached hydrogen (secondary N) is 1. The first-order chi connectivity index (χ1) is 12.4. The number of ether oxygens (including phenoxy) is 1. The molecule has 2 amide bonds. The van der Waals surface area contributed by atoms with Crippen molar-refractivity contribution in [2.24, 2.45) is 5.92 Å².